The second-order valence-electron chi connectivity index (χ2n) is 3.84. The number of nitrogens with zero attached hydrogens (tertiary/aromatic N) is 2. The van der Waals surface area contributed by atoms with Crippen LogP contribution in [0.5, 0.6) is 0 Å². The monoisotopic (exact) mass is 215 g/mol. The van der Waals surface area contributed by atoms with Crippen LogP contribution >= 0.6 is 0 Å². The van der Waals surface area contributed by atoms with Crippen molar-refractivity contribution in [2.75, 3.05) is 6.54 Å². The van der Waals surface area contributed by atoms with Gasteiger partial charge in [-0.2, -0.15) is 0 Å². The lowest BCUT2D eigenvalue weighted by Gasteiger charge is -2.08. The molecular weight excluding hydrogens is 198 g/mol. The third-order valence-electron chi connectivity index (χ3n) is 2.69. The molecule has 2 rings (SSSR count). The molecule has 2 heterocycles. The molecule has 3 heteroatoms. The van der Waals surface area contributed by atoms with Gasteiger partial charge >= 0.3 is 0 Å². The summed E-state index contributed by atoms with van der Waals surface area (Å²) in [6, 6.07) is 8.30. The summed E-state index contributed by atoms with van der Waals surface area (Å²) >= 11 is 0. The van der Waals surface area contributed by atoms with Crippen LogP contribution in [0.3, 0.4) is 0 Å². The highest BCUT2D eigenvalue weighted by Crippen LogP contribution is 2.06. The maximum atomic E-state index is 5.57. The largest absolute Gasteiger partial charge is 0.351 e. The predicted molar refractivity (Wildman–Crippen MR) is 65.1 cm³/mol. The highest BCUT2D eigenvalue weighted by molar-refractivity contribution is 5.11. The molecular formula is C13H17N3. The predicted octanol–water partition coefficient (Wildman–Crippen LogP) is 1.63. The van der Waals surface area contributed by atoms with Crippen LogP contribution in [-0.4, -0.2) is 16.1 Å². The van der Waals surface area contributed by atoms with E-state index in [-0.39, 0.29) is 0 Å². The zero-order chi connectivity index (χ0) is 11.2. The van der Waals surface area contributed by atoms with Crippen LogP contribution in [-0.2, 0) is 19.4 Å². The topological polar surface area (TPSA) is 43.8 Å². The second-order valence-corrected chi connectivity index (χ2v) is 3.84. The average Bonchev–Trinajstić information content (AvgIpc) is 2.76. The molecule has 84 valence electrons. The highest BCUT2D eigenvalue weighted by Gasteiger charge is 2.00. The van der Waals surface area contributed by atoms with Crippen molar-refractivity contribution in [1.29, 1.82) is 0 Å². The van der Waals surface area contributed by atoms with Crippen LogP contribution in [0.25, 0.3) is 0 Å². The molecule has 2 aromatic rings. The number of hydrogen-bond donors (Lipinski definition) is 1. The van der Waals surface area contributed by atoms with E-state index in [9.17, 15) is 0 Å². The molecule has 0 aliphatic heterocycles. The van der Waals surface area contributed by atoms with Crippen molar-refractivity contribution in [3.8, 4) is 0 Å². The summed E-state index contributed by atoms with van der Waals surface area (Å²) in [4.78, 5) is 4.11. The average molecular weight is 215 g/mol. The van der Waals surface area contributed by atoms with Gasteiger partial charge in [0.2, 0.25) is 0 Å². The van der Waals surface area contributed by atoms with Crippen molar-refractivity contribution in [3.63, 3.8) is 0 Å². The Morgan fingerprint density at radius 1 is 1.19 bits per heavy atom. The Morgan fingerprint density at radius 2 is 2.12 bits per heavy atom. The number of nitrogens with two attached hydrogens (primary N) is 1. The molecule has 0 atom stereocenters. The minimum atomic E-state index is 0.705. The van der Waals surface area contributed by atoms with Gasteiger partial charge in [-0.25, -0.2) is 0 Å². The molecule has 0 fully saturated rings. The van der Waals surface area contributed by atoms with E-state index < -0.39 is 0 Å². The van der Waals surface area contributed by atoms with Crippen LogP contribution in [0.1, 0.15) is 11.3 Å². The molecule has 2 aromatic heterocycles. The Labute approximate surface area is 95.9 Å². The van der Waals surface area contributed by atoms with Crippen LogP contribution in [0.2, 0.25) is 0 Å². The second kappa shape index (κ2) is 5.47. The maximum Gasteiger partial charge on any atom is 0.0300 e. The van der Waals surface area contributed by atoms with E-state index in [1.54, 1.807) is 6.20 Å². The molecule has 3 nitrogen and oxygen atoms in total. The molecule has 0 aromatic carbocycles. The molecule has 0 radical (unpaired) electrons. The first-order valence-corrected chi connectivity index (χ1v) is 5.63. The van der Waals surface area contributed by atoms with E-state index in [2.05, 4.69) is 33.9 Å². The quantitative estimate of drug-likeness (QED) is 0.823. The fourth-order valence-corrected chi connectivity index (χ4v) is 1.84. The van der Waals surface area contributed by atoms with Crippen molar-refractivity contribution >= 4 is 0 Å². The van der Waals surface area contributed by atoms with Crippen LogP contribution in [0.15, 0.2) is 42.9 Å². The summed E-state index contributed by atoms with van der Waals surface area (Å²) in [6.45, 7) is 1.70. The van der Waals surface area contributed by atoms with E-state index in [0.29, 0.717) is 6.54 Å². The Kier molecular flexibility index (Phi) is 3.72. The fraction of sp³-hybridized carbons (Fsp3) is 0.308. The fourth-order valence-electron chi connectivity index (χ4n) is 1.84. The molecule has 0 amide bonds. The molecule has 0 saturated carbocycles. The van der Waals surface area contributed by atoms with Crippen LogP contribution in [0.4, 0.5) is 0 Å². The van der Waals surface area contributed by atoms with Crippen molar-refractivity contribution in [1.82, 2.24) is 9.55 Å². The SMILES string of the molecule is NCCc1cccn1CCc1cccnc1. The van der Waals surface area contributed by atoms with E-state index in [1.807, 2.05) is 12.3 Å². The summed E-state index contributed by atoms with van der Waals surface area (Å²) in [6.07, 6.45) is 7.80. The number of aromatic nitrogens is 2. The maximum absolute atomic E-state index is 5.57. The summed E-state index contributed by atoms with van der Waals surface area (Å²) in [5.41, 5.74) is 8.16. The lowest BCUT2D eigenvalue weighted by molar-refractivity contribution is 0.660. The Balaban J connectivity index is 1.97. The van der Waals surface area contributed by atoms with Gasteiger partial charge in [-0.15, -0.1) is 0 Å². The van der Waals surface area contributed by atoms with Crippen molar-refractivity contribution < 1.29 is 0 Å². The summed E-state index contributed by atoms with van der Waals surface area (Å²) in [5, 5.41) is 0. The van der Waals surface area contributed by atoms with Gasteiger partial charge in [0.05, 0.1) is 0 Å². The first kappa shape index (κ1) is 10.9. The van der Waals surface area contributed by atoms with Gasteiger partial charge in [0, 0.05) is 30.8 Å². The van der Waals surface area contributed by atoms with Crippen molar-refractivity contribution in [2.24, 2.45) is 5.73 Å². The first-order chi connectivity index (χ1) is 7.90. The Bertz CT molecular complexity index is 420. The minimum Gasteiger partial charge on any atom is -0.351 e. The summed E-state index contributed by atoms with van der Waals surface area (Å²) in [7, 11) is 0. The van der Waals surface area contributed by atoms with Gasteiger partial charge in [-0.1, -0.05) is 6.07 Å². The van der Waals surface area contributed by atoms with Gasteiger partial charge in [-0.05, 0) is 43.1 Å². The van der Waals surface area contributed by atoms with Crippen LogP contribution in [0, 0.1) is 0 Å². The number of rotatable bonds is 5. The molecule has 0 bridgehead atoms. The smallest absolute Gasteiger partial charge is 0.0300 e. The van der Waals surface area contributed by atoms with Gasteiger partial charge in [0.25, 0.3) is 0 Å². The Morgan fingerprint density at radius 3 is 2.88 bits per heavy atom. The van der Waals surface area contributed by atoms with E-state index in [4.69, 9.17) is 5.73 Å². The van der Waals surface area contributed by atoms with E-state index >= 15 is 0 Å². The summed E-state index contributed by atoms with van der Waals surface area (Å²) < 4.78 is 2.26. The van der Waals surface area contributed by atoms with Crippen LogP contribution < -0.4 is 5.73 Å². The molecule has 2 N–H and O–H groups in total. The molecule has 0 unspecified atom stereocenters. The lowest BCUT2D eigenvalue weighted by atomic mass is 10.2. The zero-order valence-electron chi connectivity index (χ0n) is 9.34. The Hall–Kier alpha value is -1.61. The number of hydrogen-bond acceptors (Lipinski definition) is 2. The molecule has 0 aliphatic rings. The summed E-state index contributed by atoms with van der Waals surface area (Å²) in [5.74, 6) is 0. The van der Waals surface area contributed by atoms with Gasteiger partial charge in [0.1, 0.15) is 0 Å². The highest BCUT2D eigenvalue weighted by atomic mass is 15.0. The molecule has 0 aliphatic carbocycles. The zero-order valence-corrected chi connectivity index (χ0v) is 9.34. The number of pyridine rings is 1. The van der Waals surface area contributed by atoms with Gasteiger partial charge < -0.3 is 10.3 Å². The third-order valence-corrected chi connectivity index (χ3v) is 2.69. The van der Waals surface area contributed by atoms with Crippen molar-refractivity contribution in [3.05, 3.63) is 54.1 Å². The van der Waals surface area contributed by atoms with E-state index in [1.165, 1.54) is 11.3 Å². The number of aryl methyl sites for hydroxylation is 2. The van der Waals surface area contributed by atoms with Gasteiger partial charge in [0.15, 0.2) is 0 Å². The minimum absolute atomic E-state index is 0.705. The molecule has 16 heavy (non-hydrogen) atoms. The standard InChI is InChI=1S/C13H17N3/c14-7-5-13-4-2-9-16(13)10-6-12-3-1-8-15-11-12/h1-4,8-9,11H,5-7,10,14H2. The third kappa shape index (κ3) is 2.70. The van der Waals surface area contributed by atoms with E-state index in [0.717, 1.165) is 19.4 Å². The molecule has 0 saturated heterocycles. The van der Waals surface area contributed by atoms with Gasteiger partial charge in [-0.3, -0.25) is 4.98 Å². The first-order valence-electron chi connectivity index (χ1n) is 5.63. The molecule has 0 spiro atoms. The van der Waals surface area contributed by atoms with Crippen molar-refractivity contribution in [2.45, 2.75) is 19.4 Å². The normalized spacial score (nSPS) is 10.6. The lowest BCUT2D eigenvalue weighted by Crippen LogP contribution is -2.09.